The molecule has 3 heterocycles. The molecule has 3 saturated heterocycles. The van der Waals surface area contributed by atoms with Crippen molar-refractivity contribution in [2.24, 2.45) is 0 Å². The molecule has 1 aromatic rings. The van der Waals surface area contributed by atoms with E-state index in [4.69, 9.17) is 0 Å². The number of carbonyl (C=O) groups excluding carboxylic acids is 3. The second-order valence-electron chi connectivity index (χ2n) is 14.0. The van der Waals surface area contributed by atoms with E-state index >= 15 is 0 Å². The zero-order valence-electron chi connectivity index (χ0n) is 28.7. The predicted molar refractivity (Wildman–Crippen MR) is 181 cm³/mol. The summed E-state index contributed by atoms with van der Waals surface area (Å²) in [5.74, 6) is -0.308. The van der Waals surface area contributed by atoms with Gasteiger partial charge in [-0.05, 0) is 85.1 Å². The quantitative estimate of drug-likeness (QED) is 0.167. The van der Waals surface area contributed by atoms with Crippen molar-refractivity contribution >= 4 is 17.7 Å². The minimum Gasteiger partial charge on any atom is -0.376 e. The number of likely N-dealkylation sites (N-methyl/N-ethyl adjacent to an activating group) is 1. The lowest BCUT2D eigenvalue weighted by Gasteiger charge is -2.37. The Morgan fingerprint density at radius 2 is 1.72 bits per heavy atom. The van der Waals surface area contributed by atoms with Crippen molar-refractivity contribution in [1.29, 1.82) is 0 Å². The fraction of sp³-hybridized carbons (Fsp3) is 0.743. The highest BCUT2D eigenvalue weighted by atomic mass is 16.3. The molecule has 0 aromatic heterocycles. The normalized spacial score (nSPS) is 24.3. The zero-order chi connectivity index (χ0) is 33.1. The topological polar surface area (TPSA) is 120 Å². The lowest BCUT2D eigenvalue weighted by atomic mass is 9.97. The number of hydrogen-bond acceptors (Lipinski definition) is 8. The zero-order valence-corrected chi connectivity index (χ0v) is 28.7. The van der Waals surface area contributed by atoms with Gasteiger partial charge < -0.3 is 35.3 Å². The average molecular weight is 642 g/mol. The van der Waals surface area contributed by atoms with Crippen molar-refractivity contribution in [3.05, 3.63) is 35.4 Å². The monoisotopic (exact) mass is 641 g/mol. The number of unbranched alkanes of at least 4 members (excludes halogenated alkanes) is 1. The molecular formula is C35H59N7O4. The van der Waals surface area contributed by atoms with Crippen LogP contribution in [0, 0.1) is 6.92 Å². The molecule has 11 heteroatoms. The third-order valence-electron chi connectivity index (χ3n) is 9.90. The summed E-state index contributed by atoms with van der Waals surface area (Å²) in [6.45, 7) is 8.16. The molecule has 0 saturated carbocycles. The number of nitrogens with zero attached hydrogens (tertiary/aromatic N) is 4. The van der Waals surface area contributed by atoms with E-state index in [1.165, 1.54) is 0 Å². The molecule has 11 nitrogen and oxygen atoms in total. The number of rotatable bonds is 15. The van der Waals surface area contributed by atoms with Gasteiger partial charge in [-0.1, -0.05) is 42.7 Å². The van der Waals surface area contributed by atoms with E-state index in [9.17, 15) is 19.5 Å². The molecule has 3 amide bonds. The number of aryl methyl sites for hydroxylation is 1. The second kappa shape index (κ2) is 18.1. The number of fused-ring (bicyclic) bond motifs is 1. The van der Waals surface area contributed by atoms with Gasteiger partial charge in [0.05, 0.1) is 12.1 Å². The number of nitrogens with one attached hydrogen (secondary N) is 3. The molecule has 3 fully saturated rings. The van der Waals surface area contributed by atoms with Gasteiger partial charge in [0.25, 0.3) is 0 Å². The molecule has 4 rings (SSSR count). The molecule has 0 radical (unpaired) electrons. The Bertz CT molecular complexity index is 1110. The second-order valence-corrected chi connectivity index (χ2v) is 14.0. The molecule has 3 aliphatic rings. The fourth-order valence-electron chi connectivity index (χ4n) is 6.98. The van der Waals surface area contributed by atoms with Gasteiger partial charge >= 0.3 is 0 Å². The largest absolute Gasteiger partial charge is 0.376 e. The third-order valence-corrected chi connectivity index (χ3v) is 9.90. The number of benzene rings is 1. The molecule has 3 aliphatic heterocycles. The van der Waals surface area contributed by atoms with Crippen molar-refractivity contribution < 1.29 is 19.5 Å². The highest BCUT2D eigenvalue weighted by Crippen LogP contribution is 2.31. The van der Waals surface area contributed by atoms with Crippen molar-refractivity contribution in [2.75, 3.05) is 67.0 Å². The van der Waals surface area contributed by atoms with E-state index in [1.807, 2.05) is 50.2 Å². The molecule has 0 aliphatic carbocycles. The lowest BCUT2D eigenvalue weighted by Crippen LogP contribution is -2.60. The Morgan fingerprint density at radius 3 is 2.43 bits per heavy atom. The van der Waals surface area contributed by atoms with Crippen molar-refractivity contribution in [3.63, 3.8) is 0 Å². The van der Waals surface area contributed by atoms with Gasteiger partial charge in [-0.2, -0.15) is 0 Å². The Kier molecular flexibility index (Phi) is 14.3. The van der Waals surface area contributed by atoms with Gasteiger partial charge in [0, 0.05) is 51.7 Å². The van der Waals surface area contributed by atoms with Crippen LogP contribution in [0.25, 0.3) is 0 Å². The summed E-state index contributed by atoms with van der Waals surface area (Å²) in [5, 5.41) is 21.0. The Hall–Kier alpha value is -2.57. The molecular weight excluding hydrogens is 582 g/mol. The van der Waals surface area contributed by atoms with E-state index in [0.29, 0.717) is 38.8 Å². The maximum atomic E-state index is 14.1. The fourth-order valence-corrected chi connectivity index (χ4v) is 6.98. The smallest absolute Gasteiger partial charge is 0.242 e. The van der Waals surface area contributed by atoms with Gasteiger partial charge in [-0.25, -0.2) is 0 Å². The van der Waals surface area contributed by atoms with Crippen molar-refractivity contribution in [2.45, 2.75) is 102 Å². The first kappa shape index (κ1) is 36.3. The van der Waals surface area contributed by atoms with Gasteiger partial charge in [0.2, 0.25) is 17.7 Å². The molecule has 1 aromatic carbocycles. The highest BCUT2D eigenvalue weighted by Gasteiger charge is 2.44. The van der Waals surface area contributed by atoms with E-state index < -0.39 is 24.4 Å². The van der Waals surface area contributed by atoms with Crippen LogP contribution in [0.15, 0.2) is 24.3 Å². The minimum atomic E-state index is -1.13. The van der Waals surface area contributed by atoms with Crippen molar-refractivity contribution in [3.8, 4) is 0 Å². The standard InChI is InChI=1S/C35H59N7O4/c1-26-11-13-27(14-12-26)25-30(37-32(43)17-20-41-23-21-40(4)22-24-41)33(44)38-29-10-6-5-9-28-15-16-31(42(28)35(29)46)34(45)36-18-7-8-19-39(2)3/h11-14,28-31,33,38,44H,5-10,15-25H2,1-4H3,(H,36,45)(H,37,43). The lowest BCUT2D eigenvalue weighted by molar-refractivity contribution is -0.144. The Morgan fingerprint density at radius 1 is 1.00 bits per heavy atom. The van der Waals surface area contributed by atoms with Gasteiger partial charge in [-0.3, -0.25) is 19.7 Å². The van der Waals surface area contributed by atoms with E-state index in [1.54, 1.807) is 0 Å². The van der Waals surface area contributed by atoms with E-state index in [0.717, 1.165) is 82.4 Å². The molecule has 0 bridgehead atoms. The minimum absolute atomic E-state index is 0.0383. The third kappa shape index (κ3) is 11.0. The van der Waals surface area contributed by atoms with Gasteiger partial charge in [0.1, 0.15) is 12.3 Å². The van der Waals surface area contributed by atoms with Gasteiger partial charge in [-0.15, -0.1) is 0 Å². The SMILES string of the molecule is Cc1ccc(CC(NC(=O)CCN2CCN(C)CC2)C(O)NC2CCCCC3CCC(C(=O)NCCCCN(C)C)N3C2=O)cc1. The molecule has 4 N–H and O–H groups in total. The van der Waals surface area contributed by atoms with Crippen LogP contribution < -0.4 is 16.0 Å². The summed E-state index contributed by atoms with van der Waals surface area (Å²) in [4.78, 5) is 49.1. The Balaban J connectivity index is 1.39. The van der Waals surface area contributed by atoms with Gasteiger partial charge in [0.15, 0.2) is 0 Å². The molecule has 5 unspecified atom stereocenters. The number of hydrogen-bond donors (Lipinski definition) is 4. The van der Waals surface area contributed by atoms with Crippen LogP contribution in [-0.2, 0) is 20.8 Å². The number of piperazine rings is 1. The molecule has 46 heavy (non-hydrogen) atoms. The van der Waals surface area contributed by atoms with Crippen LogP contribution in [0.3, 0.4) is 0 Å². The summed E-state index contributed by atoms with van der Waals surface area (Å²) in [5.41, 5.74) is 2.14. The van der Waals surface area contributed by atoms with E-state index in [2.05, 4.69) is 37.7 Å². The first-order valence-electron chi connectivity index (χ1n) is 17.5. The summed E-state index contributed by atoms with van der Waals surface area (Å²) >= 11 is 0. The molecule has 5 atom stereocenters. The maximum Gasteiger partial charge on any atom is 0.242 e. The number of aliphatic hydroxyl groups is 1. The first-order valence-corrected chi connectivity index (χ1v) is 17.5. The van der Waals surface area contributed by atoms with Crippen LogP contribution in [0.1, 0.15) is 68.9 Å². The van der Waals surface area contributed by atoms with Crippen LogP contribution in [0.4, 0.5) is 0 Å². The average Bonchev–Trinajstić information content (AvgIpc) is 3.44. The summed E-state index contributed by atoms with van der Waals surface area (Å²) < 4.78 is 0. The summed E-state index contributed by atoms with van der Waals surface area (Å²) in [7, 11) is 6.20. The predicted octanol–water partition coefficient (Wildman–Crippen LogP) is 1.33. The maximum absolute atomic E-state index is 14.1. The molecule has 258 valence electrons. The Labute approximate surface area is 276 Å². The number of carbonyl (C=O) groups is 3. The van der Waals surface area contributed by atoms with Crippen LogP contribution in [0.5, 0.6) is 0 Å². The number of aliphatic hydroxyl groups excluding tert-OH is 1. The van der Waals surface area contributed by atoms with Crippen LogP contribution >= 0.6 is 0 Å². The van der Waals surface area contributed by atoms with Crippen LogP contribution in [0.2, 0.25) is 0 Å². The van der Waals surface area contributed by atoms with Crippen molar-refractivity contribution in [1.82, 2.24) is 35.6 Å². The molecule has 0 spiro atoms. The first-order chi connectivity index (χ1) is 22.1. The van der Waals surface area contributed by atoms with Crippen LogP contribution in [-0.4, -0.2) is 140 Å². The summed E-state index contributed by atoms with van der Waals surface area (Å²) in [6.07, 6.45) is 6.34. The highest BCUT2D eigenvalue weighted by molar-refractivity contribution is 5.90. The van der Waals surface area contributed by atoms with E-state index in [-0.39, 0.29) is 23.8 Å². The summed E-state index contributed by atoms with van der Waals surface area (Å²) in [6, 6.07) is 6.41. The number of amides is 3.